The van der Waals surface area contributed by atoms with E-state index < -0.39 is 5.60 Å². The summed E-state index contributed by atoms with van der Waals surface area (Å²) in [5.41, 5.74) is 1.98. The highest BCUT2D eigenvalue weighted by molar-refractivity contribution is 5.54. The van der Waals surface area contributed by atoms with Crippen molar-refractivity contribution in [2.75, 3.05) is 37.7 Å². The van der Waals surface area contributed by atoms with Gasteiger partial charge in [0, 0.05) is 44.9 Å². The molecule has 2 aliphatic heterocycles. The summed E-state index contributed by atoms with van der Waals surface area (Å²) >= 11 is 0. The van der Waals surface area contributed by atoms with Gasteiger partial charge in [-0.25, -0.2) is 0 Å². The molecule has 2 saturated heterocycles. The minimum atomic E-state index is -0.678. The van der Waals surface area contributed by atoms with E-state index in [4.69, 9.17) is 4.74 Å². The molecule has 0 saturated carbocycles. The van der Waals surface area contributed by atoms with Crippen molar-refractivity contribution < 1.29 is 9.84 Å². The second kappa shape index (κ2) is 6.12. The van der Waals surface area contributed by atoms with Crippen LogP contribution in [0.25, 0.3) is 0 Å². The minimum Gasteiger partial charge on any atom is -0.386 e. The third-order valence-corrected chi connectivity index (χ3v) is 4.29. The first-order valence-corrected chi connectivity index (χ1v) is 7.61. The van der Waals surface area contributed by atoms with E-state index in [1.165, 1.54) is 24.1 Å². The second-order valence-corrected chi connectivity index (χ2v) is 5.95. The summed E-state index contributed by atoms with van der Waals surface area (Å²) in [6.07, 6.45) is 3.31. The molecule has 1 unspecified atom stereocenters. The number of ether oxygens (including phenoxy) is 1. The average molecular weight is 276 g/mol. The van der Waals surface area contributed by atoms with Crippen LogP contribution >= 0.6 is 0 Å². The van der Waals surface area contributed by atoms with Crippen molar-refractivity contribution in [3.8, 4) is 0 Å². The van der Waals surface area contributed by atoms with Crippen LogP contribution in [0.5, 0.6) is 0 Å². The zero-order chi connectivity index (χ0) is 13.8. The van der Waals surface area contributed by atoms with E-state index >= 15 is 0 Å². The van der Waals surface area contributed by atoms with E-state index in [1.807, 2.05) is 0 Å². The first-order valence-electron chi connectivity index (χ1n) is 7.61. The summed E-state index contributed by atoms with van der Waals surface area (Å²) in [4.78, 5) is 2.46. The Labute approximate surface area is 120 Å². The summed E-state index contributed by atoms with van der Waals surface area (Å²) in [6.45, 7) is 4.84. The number of hydrogen-bond acceptors (Lipinski definition) is 4. The summed E-state index contributed by atoms with van der Waals surface area (Å²) in [5.74, 6) is 0. The average Bonchev–Trinajstić information content (AvgIpc) is 3.11. The number of nitrogens with zero attached hydrogens (tertiary/aromatic N) is 1. The van der Waals surface area contributed by atoms with Gasteiger partial charge < -0.3 is 20.1 Å². The summed E-state index contributed by atoms with van der Waals surface area (Å²) in [6, 6.07) is 8.57. The van der Waals surface area contributed by atoms with Crippen LogP contribution < -0.4 is 10.2 Å². The predicted molar refractivity (Wildman–Crippen MR) is 80.0 cm³/mol. The van der Waals surface area contributed by atoms with Crippen LogP contribution in [0.3, 0.4) is 0 Å². The smallest absolute Gasteiger partial charge is 0.102 e. The van der Waals surface area contributed by atoms with Crippen molar-refractivity contribution >= 4 is 5.69 Å². The summed E-state index contributed by atoms with van der Waals surface area (Å²) in [7, 11) is 0. The van der Waals surface area contributed by atoms with Crippen molar-refractivity contribution in [3.05, 3.63) is 29.8 Å². The fourth-order valence-corrected chi connectivity index (χ4v) is 3.09. The Hall–Kier alpha value is -1.10. The number of para-hydroxylation sites is 1. The van der Waals surface area contributed by atoms with Crippen LogP contribution in [0.1, 0.15) is 24.8 Å². The Kier molecular flexibility index (Phi) is 4.24. The Morgan fingerprint density at radius 1 is 1.25 bits per heavy atom. The highest BCUT2D eigenvalue weighted by Gasteiger charge is 2.31. The molecule has 20 heavy (non-hydrogen) atoms. The molecule has 1 aromatic carbocycles. The maximum absolute atomic E-state index is 10.3. The molecule has 0 bridgehead atoms. The molecule has 2 aliphatic rings. The molecule has 0 aliphatic carbocycles. The van der Waals surface area contributed by atoms with E-state index in [9.17, 15) is 5.11 Å². The van der Waals surface area contributed by atoms with E-state index in [1.54, 1.807) is 0 Å². The maximum atomic E-state index is 10.3. The lowest BCUT2D eigenvalue weighted by Gasteiger charge is -2.24. The van der Waals surface area contributed by atoms with Gasteiger partial charge in [0.25, 0.3) is 0 Å². The third-order valence-electron chi connectivity index (χ3n) is 4.29. The molecule has 1 atom stereocenters. The van der Waals surface area contributed by atoms with E-state index in [-0.39, 0.29) is 0 Å². The van der Waals surface area contributed by atoms with Crippen LogP contribution in [-0.4, -0.2) is 43.6 Å². The minimum absolute atomic E-state index is 0.452. The molecule has 2 fully saturated rings. The number of rotatable bonds is 5. The SMILES string of the molecule is OC1(CNCc2ccccc2N2CCCC2)CCOC1. The fraction of sp³-hybridized carbons (Fsp3) is 0.625. The fourth-order valence-electron chi connectivity index (χ4n) is 3.09. The highest BCUT2D eigenvalue weighted by atomic mass is 16.5. The number of hydrogen-bond donors (Lipinski definition) is 2. The Balaban J connectivity index is 1.59. The molecular formula is C16H24N2O2. The summed E-state index contributed by atoms with van der Waals surface area (Å²) in [5, 5.41) is 13.6. The molecule has 1 aromatic rings. The first-order chi connectivity index (χ1) is 9.77. The van der Waals surface area contributed by atoms with Gasteiger partial charge >= 0.3 is 0 Å². The maximum Gasteiger partial charge on any atom is 0.102 e. The van der Waals surface area contributed by atoms with Crippen LogP contribution in [0.15, 0.2) is 24.3 Å². The second-order valence-electron chi connectivity index (χ2n) is 5.95. The Bertz CT molecular complexity index is 438. The topological polar surface area (TPSA) is 44.7 Å². The number of benzene rings is 1. The van der Waals surface area contributed by atoms with Gasteiger partial charge in [0.15, 0.2) is 0 Å². The number of anilines is 1. The van der Waals surface area contributed by atoms with Gasteiger partial charge in [-0.1, -0.05) is 18.2 Å². The van der Waals surface area contributed by atoms with Gasteiger partial charge in [-0.05, 0) is 24.5 Å². The Morgan fingerprint density at radius 3 is 2.80 bits per heavy atom. The molecule has 0 spiro atoms. The summed E-state index contributed by atoms with van der Waals surface area (Å²) < 4.78 is 5.27. The predicted octanol–water partition coefficient (Wildman–Crippen LogP) is 1.53. The van der Waals surface area contributed by atoms with E-state index in [0.29, 0.717) is 19.8 Å². The van der Waals surface area contributed by atoms with Crippen molar-refractivity contribution in [2.45, 2.75) is 31.4 Å². The van der Waals surface area contributed by atoms with Gasteiger partial charge in [0.2, 0.25) is 0 Å². The third kappa shape index (κ3) is 3.14. The molecular weight excluding hydrogens is 252 g/mol. The Morgan fingerprint density at radius 2 is 2.05 bits per heavy atom. The lowest BCUT2D eigenvalue weighted by molar-refractivity contribution is 0.0268. The van der Waals surface area contributed by atoms with Gasteiger partial charge in [0.05, 0.1) is 6.61 Å². The standard InChI is InChI=1S/C16H24N2O2/c19-16(7-10-20-13-16)12-17-11-14-5-1-2-6-15(14)18-8-3-4-9-18/h1-2,5-6,17,19H,3-4,7-13H2. The van der Waals surface area contributed by atoms with Crippen LogP contribution in [0.4, 0.5) is 5.69 Å². The number of nitrogens with one attached hydrogen (secondary N) is 1. The molecule has 0 radical (unpaired) electrons. The zero-order valence-corrected chi connectivity index (χ0v) is 12.0. The van der Waals surface area contributed by atoms with Crippen molar-refractivity contribution in [1.29, 1.82) is 0 Å². The lowest BCUT2D eigenvalue weighted by Crippen LogP contribution is -2.40. The monoisotopic (exact) mass is 276 g/mol. The van der Waals surface area contributed by atoms with Crippen LogP contribution in [0.2, 0.25) is 0 Å². The molecule has 4 nitrogen and oxygen atoms in total. The molecule has 2 heterocycles. The van der Waals surface area contributed by atoms with Crippen LogP contribution in [0, 0.1) is 0 Å². The molecule has 0 aromatic heterocycles. The molecule has 2 N–H and O–H groups in total. The van der Waals surface area contributed by atoms with Gasteiger partial charge in [-0.3, -0.25) is 0 Å². The molecule has 4 heteroatoms. The number of aliphatic hydroxyl groups is 1. The quantitative estimate of drug-likeness (QED) is 0.856. The van der Waals surface area contributed by atoms with E-state index in [2.05, 4.69) is 34.5 Å². The van der Waals surface area contributed by atoms with Gasteiger partial charge in [0.1, 0.15) is 5.60 Å². The molecule has 110 valence electrons. The highest BCUT2D eigenvalue weighted by Crippen LogP contribution is 2.24. The van der Waals surface area contributed by atoms with Gasteiger partial charge in [-0.15, -0.1) is 0 Å². The lowest BCUT2D eigenvalue weighted by atomic mass is 10.0. The van der Waals surface area contributed by atoms with Crippen molar-refractivity contribution in [1.82, 2.24) is 5.32 Å². The van der Waals surface area contributed by atoms with E-state index in [0.717, 1.165) is 26.1 Å². The van der Waals surface area contributed by atoms with Crippen molar-refractivity contribution in [3.63, 3.8) is 0 Å². The van der Waals surface area contributed by atoms with Crippen LogP contribution in [-0.2, 0) is 11.3 Å². The largest absolute Gasteiger partial charge is 0.386 e. The molecule has 0 amide bonds. The molecule has 3 rings (SSSR count). The first kappa shape index (κ1) is 13.9. The zero-order valence-electron chi connectivity index (χ0n) is 12.0. The normalized spacial score (nSPS) is 26.4. The van der Waals surface area contributed by atoms with Crippen molar-refractivity contribution in [2.24, 2.45) is 0 Å². The van der Waals surface area contributed by atoms with Gasteiger partial charge in [-0.2, -0.15) is 0 Å².